The maximum Gasteiger partial charge on any atom is 0.0326 e. The lowest BCUT2D eigenvalue weighted by Gasteiger charge is -2.30. The highest BCUT2D eigenvalue weighted by molar-refractivity contribution is 5.37. The molecule has 0 amide bonds. The maximum absolute atomic E-state index is 3.79. The number of piperidine rings is 1. The molecule has 2 aliphatic rings. The Morgan fingerprint density at radius 2 is 2.00 bits per heavy atom. The molecule has 116 valence electrons. The molecular formula is C19H30N2. The molecule has 1 unspecified atom stereocenters. The minimum atomic E-state index is 0.598. The molecule has 1 fully saturated rings. The smallest absolute Gasteiger partial charge is 0.0326 e. The first-order valence-electron chi connectivity index (χ1n) is 8.77. The summed E-state index contributed by atoms with van der Waals surface area (Å²) in [6, 6.07) is 7.55. The van der Waals surface area contributed by atoms with E-state index in [0.717, 1.165) is 12.5 Å². The molecule has 0 bridgehead atoms. The van der Waals surface area contributed by atoms with Crippen molar-refractivity contribution < 1.29 is 0 Å². The lowest BCUT2D eigenvalue weighted by molar-refractivity contribution is 0.190. The first-order valence-corrected chi connectivity index (χ1v) is 8.77. The van der Waals surface area contributed by atoms with Crippen LogP contribution in [0.4, 0.5) is 0 Å². The van der Waals surface area contributed by atoms with Gasteiger partial charge < -0.3 is 10.2 Å². The number of hydrogen-bond donors (Lipinski definition) is 1. The summed E-state index contributed by atoms with van der Waals surface area (Å²) in [5.41, 5.74) is 4.51. The fourth-order valence-electron chi connectivity index (χ4n) is 3.80. The fourth-order valence-corrected chi connectivity index (χ4v) is 3.80. The Hall–Kier alpha value is -0.860. The Morgan fingerprint density at radius 1 is 1.19 bits per heavy atom. The minimum absolute atomic E-state index is 0.598. The topological polar surface area (TPSA) is 15.3 Å². The van der Waals surface area contributed by atoms with Crippen LogP contribution < -0.4 is 5.32 Å². The van der Waals surface area contributed by atoms with Gasteiger partial charge in [0.15, 0.2) is 0 Å². The Morgan fingerprint density at radius 3 is 2.81 bits per heavy atom. The molecule has 2 nitrogen and oxygen atoms in total. The summed E-state index contributed by atoms with van der Waals surface area (Å²) >= 11 is 0. The normalized spacial score (nSPS) is 23.4. The summed E-state index contributed by atoms with van der Waals surface area (Å²) in [4.78, 5) is 2.65. The van der Waals surface area contributed by atoms with Gasteiger partial charge >= 0.3 is 0 Å². The summed E-state index contributed by atoms with van der Waals surface area (Å²) in [5, 5.41) is 3.79. The van der Waals surface area contributed by atoms with E-state index >= 15 is 0 Å². The third kappa shape index (κ3) is 3.87. The van der Waals surface area contributed by atoms with Crippen molar-refractivity contribution in [2.24, 2.45) is 5.92 Å². The van der Waals surface area contributed by atoms with Gasteiger partial charge in [0.05, 0.1) is 0 Å². The van der Waals surface area contributed by atoms with Crippen LogP contribution >= 0.6 is 0 Å². The molecular weight excluding hydrogens is 256 g/mol. The molecule has 2 heteroatoms. The van der Waals surface area contributed by atoms with Crippen LogP contribution in [-0.4, -0.2) is 31.1 Å². The van der Waals surface area contributed by atoms with E-state index < -0.39 is 0 Å². The van der Waals surface area contributed by atoms with Crippen molar-refractivity contribution in [1.82, 2.24) is 10.2 Å². The van der Waals surface area contributed by atoms with E-state index in [0.29, 0.717) is 6.04 Å². The van der Waals surface area contributed by atoms with Crippen LogP contribution in [0.25, 0.3) is 0 Å². The third-order valence-corrected chi connectivity index (χ3v) is 5.30. The SMILES string of the molecule is Cc1ccc2c(c1)C(NCCCN1CCC(C)CC1)CC2. The quantitative estimate of drug-likeness (QED) is 0.830. The van der Waals surface area contributed by atoms with Crippen LogP contribution in [0.1, 0.15) is 55.3 Å². The van der Waals surface area contributed by atoms with Gasteiger partial charge in [-0.1, -0.05) is 30.7 Å². The molecule has 0 spiro atoms. The predicted molar refractivity (Wildman–Crippen MR) is 89.7 cm³/mol. The number of benzene rings is 1. The Balaban J connectivity index is 1.40. The lowest BCUT2D eigenvalue weighted by atomic mass is 9.99. The highest BCUT2D eigenvalue weighted by Crippen LogP contribution is 2.31. The van der Waals surface area contributed by atoms with E-state index in [1.165, 1.54) is 57.3 Å². The fraction of sp³-hybridized carbons (Fsp3) is 0.684. The second-order valence-corrected chi connectivity index (χ2v) is 7.13. The molecule has 1 saturated heterocycles. The maximum atomic E-state index is 3.79. The number of nitrogens with zero attached hydrogens (tertiary/aromatic N) is 1. The average Bonchev–Trinajstić information content (AvgIpc) is 2.88. The average molecular weight is 286 g/mol. The van der Waals surface area contributed by atoms with Crippen molar-refractivity contribution in [3.05, 3.63) is 34.9 Å². The Kier molecular flexibility index (Phi) is 4.97. The van der Waals surface area contributed by atoms with E-state index in [1.54, 1.807) is 11.1 Å². The molecule has 0 radical (unpaired) electrons. The van der Waals surface area contributed by atoms with Crippen molar-refractivity contribution in [3.63, 3.8) is 0 Å². The van der Waals surface area contributed by atoms with Gasteiger partial charge in [-0.05, 0) is 82.3 Å². The molecule has 1 N–H and O–H groups in total. The third-order valence-electron chi connectivity index (χ3n) is 5.30. The zero-order valence-electron chi connectivity index (χ0n) is 13.7. The van der Waals surface area contributed by atoms with Crippen molar-refractivity contribution in [1.29, 1.82) is 0 Å². The van der Waals surface area contributed by atoms with E-state index in [-0.39, 0.29) is 0 Å². The van der Waals surface area contributed by atoms with E-state index in [1.807, 2.05) is 0 Å². The molecule has 0 aromatic heterocycles. The highest BCUT2D eigenvalue weighted by Gasteiger charge is 2.21. The van der Waals surface area contributed by atoms with Gasteiger partial charge in [0, 0.05) is 6.04 Å². The monoisotopic (exact) mass is 286 g/mol. The van der Waals surface area contributed by atoms with Crippen LogP contribution in [0.15, 0.2) is 18.2 Å². The molecule has 1 heterocycles. The second kappa shape index (κ2) is 6.93. The van der Waals surface area contributed by atoms with Gasteiger partial charge in [-0.15, -0.1) is 0 Å². The largest absolute Gasteiger partial charge is 0.310 e. The van der Waals surface area contributed by atoms with Gasteiger partial charge in [-0.2, -0.15) is 0 Å². The Labute approximate surface area is 129 Å². The van der Waals surface area contributed by atoms with Gasteiger partial charge in [-0.25, -0.2) is 0 Å². The number of aryl methyl sites for hydroxylation is 2. The number of fused-ring (bicyclic) bond motifs is 1. The summed E-state index contributed by atoms with van der Waals surface area (Å²) in [5.74, 6) is 0.942. The molecule has 1 aromatic carbocycles. The zero-order chi connectivity index (χ0) is 14.7. The standard InChI is InChI=1S/C19H30N2/c1-15-8-12-21(13-9-15)11-3-10-20-19-7-6-17-5-4-16(2)14-18(17)19/h4-5,14-15,19-20H,3,6-13H2,1-2H3. The summed E-state index contributed by atoms with van der Waals surface area (Å²) < 4.78 is 0. The van der Waals surface area contributed by atoms with Crippen molar-refractivity contribution in [3.8, 4) is 0 Å². The molecule has 1 aromatic rings. The number of likely N-dealkylation sites (tertiary alicyclic amines) is 1. The summed E-state index contributed by atoms with van der Waals surface area (Å²) in [6.45, 7) is 9.64. The van der Waals surface area contributed by atoms with Crippen molar-refractivity contribution >= 4 is 0 Å². The predicted octanol–water partition coefficient (Wildman–Crippen LogP) is 3.69. The molecule has 0 saturated carbocycles. The summed E-state index contributed by atoms with van der Waals surface area (Å²) in [6.07, 6.45) is 6.59. The lowest BCUT2D eigenvalue weighted by Crippen LogP contribution is -2.35. The Bertz CT molecular complexity index is 461. The second-order valence-electron chi connectivity index (χ2n) is 7.13. The van der Waals surface area contributed by atoms with E-state index in [4.69, 9.17) is 0 Å². The molecule has 3 rings (SSSR count). The van der Waals surface area contributed by atoms with Gasteiger partial charge in [0.1, 0.15) is 0 Å². The van der Waals surface area contributed by atoms with Crippen LogP contribution in [0, 0.1) is 12.8 Å². The highest BCUT2D eigenvalue weighted by atomic mass is 15.1. The van der Waals surface area contributed by atoms with Gasteiger partial charge in [0.25, 0.3) is 0 Å². The summed E-state index contributed by atoms with van der Waals surface area (Å²) in [7, 11) is 0. The first-order chi connectivity index (χ1) is 10.2. The minimum Gasteiger partial charge on any atom is -0.310 e. The molecule has 21 heavy (non-hydrogen) atoms. The van der Waals surface area contributed by atoms with Crippen LogP contribution in [0.2, 0.25) is 0 Å². The molecule has 1 aliphatic carbocycles. The van der Waals surface area contributed by atoms with Gasteiger partial charge in [0.2, 0.25) is 0 Å². The first kappa shape index (κ1) is 15.1. The zero-order valence-corrected chi connectivity index (χ0v) is 13.7. The van der Waals surface area contributed by atoms with Crippen molar-refractivity contribution in [2.75, 3.05) is 26.2 Å². The number of nitrogens with one attached hydrogen (secondary N) is 1. The van der Waals surface area contributed by atoms with Crippen molar-refractivity contribution in [2.45, 2.75) is 52.0 Å². The van der Waals surface area contributed by atoms with Crippen LogP contribution in [0.5, 0.6) is 0 Å². The van der Waals surface area contributed by atoms with Crippen LogP contribution in [-0.2, 0) is 6.42 Å². The van der Waals surface area contributed by atoms with Gasteiger partial charge in [-0.3, -0.25) is 0 Å². The van der Waals surface area contributed by atoms with E-state index in [2.05, 4.69) is 42.3 Å². The number of hydrogen-bond acceptors (Lipinski definition) is 2. The van der Waals surface area contributed by atoms with Crippen LogP contribution in [0.3, 0.4) is 0 Å². The molecule has 1 atom stereocenters. The number of rotatable bonds is 5. The molecule has 1 aliphatic heterocycles. The van der Waals surface area contributed by atoms with E-state index in [9.17, 15) is 0 Å².